The summed E-state index contributed by atoms with van der Waals surface area (Å²) < 4.78 is 20.9. The first-order valence-corrected chi connectivity index (χ1v) is 6.65. The van der Waals surface area contributed by atoms with Gasteiger partial charge in [-0.3, -0.25) is 0 Å². The molecule has 114 valence electrons. The minimum Gasteiger partial charge on any atom is -0.493 e. The fraction of sp³-hybridized carbons (Fsp3) is 0.571. The molecule has 0 aliphatic heterocycles. The maximum atomic E-state index is 6.32. The minimum absolute atomic E-state index is 0.0224. The molecule has 0 heterocycles. The molecule has 0 amide bonds. The maximum absolute atomic E-state index is 6.32. The second-order valence-electron chi connectivity index (χ2n) is 4.28. The molecule has 1 aromatic carbocycles. The van der Waals surface area contributed by atoms with Crippen LogP contribution in [0.4, 0.5) is 0 Å². The third kappa shape index (κ3) is 3.99. The van der Waals surface area contributed by atoms with Crippen molar-refractivity contribution >= 4 is 11.6 Å². The van der Waals surface area contributed by atoms with Crippen LogP contribution in [0.2, 0.25) is 5.02 Å². The second kappa shape index (κ2) is 8.32. The predicted octanol–water partition coefficient (Wildman–Crippen LogP) is 2.45. The normalized spacial score (nSPS) is 12.6. The molecule has 0 fully saturated rings. The van der Waals surface area contributed by atoms with Crippen molar-refractivity contribution in [2.24, 2.45) is 0 Å². The van der Waals surface area contributed by atoms with Crippen LogP contribution in [0, 0.1) is 0 Å². The molecular formula is C14H22ClNO4. The van der Waals surface area contributed by atoms with Crippen molar-refractivity contribution in [3.05, 3.63) is 22.7 Å². The summed E-state index contributed by atoms with van der Waals surface area (Å²) in [7, 11) is 6.36. The zero-order valence-electron chi connectivity index (χ0n) is 12.5. The van der Waals surface area contributed by atoms with Gasteiger partial charge in [0.25, 0.3) is 0 Å². The van der Waals surface area contributed by atoms with Crippen LogP contribution in [0.5, 0.6) is 11.5 Å². The first kappa shape index (κ1) is 17.0. The molecular weight excluding hydrogens is 282 g/mol. The van der Waals surface area contributed by atoms with Crippen molar-refractivity contribution in [2.45, 2.75) is 25.8 Å². The summed E-state index contributed by atoms with van der Waals surface area (Å²) >= 11 is 6.32. The van der Waals surface area contributed by atoms with Gasteiger partial charge in [0.1, 0.15) is 0 Å². The largest absolute Gasteiger partial charge is 0.493 e. The minimum atomic E-state index is -0.311. The lowest BCUT2D eigenvalue weighted by molar-refractivity contribution is -0.119. The van der Waals surface area contributed by atoms with E-state index in [-0.39, 0.29) is 12.3 Å². The fourth-order valence-electron chi connectivity index (χ4n) is 1.94. The zero-order chi connectivity index (χ0) is 15.1. The van der Waals surface area contributed by atoms with Crippen LogP contribution >= 0.6 is 11.6 Å². The van der Waals surface area contributed by atoms with Gasteiger partial charge in [-0.1, -0.05) is 17.7 Å². The lowest BCUT2D eigenvalue weighted by Crippen LogP contribution is -2.39. The Morgan fingerprint density at radius 1 is 1.10 bits per heavy atom. The van der Waals surface area contributed by atoms with Gasteiger partial charge in [0.05, 0.1) is 25.3 Å². The second-order valence-corrected chi connectivity index (χ2v) is 4.66. The standard InChI is InChI=1S/C14H22ClNO4/c1-9(14(19-4)20-5)16-8-10-6-7-11(17-2)13(18-3)12(10)15/h6-7,9,14,16H,8H2,1-5H3. The molecule has 1 N–H and O–H groups in total. The Morgan fingerprint density at radius 3 is 2.25 bits per heavy atom. The monoisotopic (exact) mass is 303 g/mol. The molecule has 1 aromatic rings. The number of halogens is 1. The van der Waals surface area contributed by atoms with Gasteiger partial charge >= 0.3 is 0 Å². The van der Waals surface area contributed by atoms with Crippen LogP contribution in [0.3, 0.4) is 0 Å². The molecule has 5 nitrogen and oxygen atoms in total. The molecule has 0 saturated carbocycles. The zero-order valence-corrected chi connectivity index (χ0v) is 13.3. The predicted molar refractivity (Wildman–Crippen MR) is 78.7 cm³/mol. The van der Waals surface area contributed by atoms with Crippen molar-refractivity contribution < 1.29 is 18.9 Å². The van der Waals surface area contributed by atoms with Gasteiger partial charge in [0.15, 0.2) is 17.8 Å². The third-order valence-electron chi connectivity index (χ3n) is 3.05. The average Bonchev–Trinajstić information content (AvgIpc) is 2.46. The quantitative estimate of drug-likeness (QED) is 0.748. The number of benzene rings is 1. The van der Waals surface area contributed by atoms with Gasteiger partial charge < -0.3 is 24.3 Å². The van der Waals surface area contributed by atoms with Gasteiger partial charge in [-0.2, -0.15) is 0 Å². The van der Waals surface area contributed by atoms with Crippen LogP contribution in [0.25, 0.3) is 0 Å². The smallest absolute Gasteiger partial charge is 0.179 e. The molecule has 0 spiro atoms. The number of hydrogen-bond donors (Lipinski definition) is 1. The van der Waals surface area contributed by atoms with E-state index in [1.165, 1.54) is 0 Å². The van der Waals surface area contributed by atoms with E-state index < -0.39 is 0 Å². The van der Waals surface area contributed by atoms with E-state index in [2.05, 4.69) is 5.32 Å². The molecule has 0 bridgehead atoms. The van der Waals surface area contributed by atoms with Gasteiger partial charge in [0, 0.05) is 20.8 Å². The Bertz CT molecular complexity index is 424. The number of hydrogen-bond acceptors (Lipinski definition) is 5. The van der Waals surface area contributed by atoms with Crippen LogP contribution in [0.1, 0.15) is 12.5 Å². The summed E-state index contributed by atoms with van der Waals surface area (Å²) in [4.78, 5) is 0. The van der Waals surface area contributed by atoms with Crippen LogP contribution in [-0.4, -0.2) is 40.8 Å². The number of methoxy groups -OCH3 is 4. The topological polar surface area (TPSA) is 49.0 Å². The molecule has 0 aromatic heterocycles. The molecule has 1 rings (SSSR count). The maximum Gasteiger partial charge on any atom is 0.179 e. The van der Waals surface area contributed by atoms with Crippen molar-refractivity contribution in [1.82, 2.24) is 5.32 Å². The first-order valence-electron chi connectivity index (χ1n) is 6.27. The summed E-state index contributed by atoms with van der Waals surface area (Å²) in [6.07, 6.45) is -0.311. The molecule has 0 aliphatic rings. The highest BCUT2D eigenvalue weighted by atomic mass is 35.5. The molecule has 6 heteroatoms. The Balaban J connectivity index is 2.78. The fourth-order valence-corrected chi connectivity index (χ4v) is 2.24. The Labute approximate surface area is 125 Å². The molecule has 0 aliphatic carbocycles. The Hall–Kier alpha value is -1.01. The van der Waals surface area contributed by atoms with Gasteiger partial charge in [0.2, 0.25) is 0 Å². The number of nitrogens with one attached hydrogen (secondary N) is 1. The molecule has 0 saturated heterocycles. The van der Waals surface area contributed by atoms with Crippen LogP contribution in [-0.2, 0) is 16.0 Å². The highest BCUT2D eigenvalue weighted by molar-refractivity contribution is 6.33. The molecule has 20 heavy (non-hydrogen) atoms. The summed E-state index contributed by atoms with van der Waals surface area (Å²) in [6, 6.07) is 3.75. The van der Waals surface area contributed by atoms with Crippen LogP contribution in [0.15, 0.2) is 12.1 Å². The SMILES string of the molecule is COc1ccc(CNC(C)C(OC)OC)c(Cl)c1OC. The highest BCUT2D eigenvalue weighted by Crippen LogP contribution is 2.37. The van der Waals surface area contributed by atoms with E-state index in [1.54, 1.807) is 28.4 Å². The van der Waals surface area contributed by atoms with Gasteiger partial charge in [-0.25, -0.2) is 0 Å². The van der Waals surface area contributed by atoms with Crippen molar-refractivity contribution in [1.29, 1.82) is 0 Å². The lowest BCUT2D eigenvalue weighted by atomic mass is 10.2. The van der Waals surface area contributed by atoms with E-state index >= 15 is 0 Å². The van der Waals surface area contributed by atoms with E-state index in [1.807, 2.05) is 19.1 Å². The summed E-state index contributed by atoms with van der Waals surface area (Å²) in [5.74, 6) is 1.15. The van der Waals surface area contributed by atoms with Gasteiger partial charge in [-0.15, -0.1) is 0 Å². The van der Waals surface area contributed by atoms with E-state index in [9.17, 15) is 0 Å². The van der Waals surface area contributed by atoms with E-state index in [4.69, 9.17) is 30.5 Å². The van der Waals surface area contributed by atoms with Gasteiger partial charge in [-0.05, 0) is 18.6 Å². The third-order valence-corrected chi connectivity index (χ3v) is 3.47. The summed E-state index contributed by atoms with van der Waals surface area (Å²) in [5.41, 5.74) is 0.919. The van der Waals surface area contributed by atoms with E-state index in [0.717, 1.165) is 5.56 Å². The Morgan fingerprint density at radius 2 is 1.75 bits per heavy atom. The van der Waals surface area contributed by atoms with Crippen molar-refractivity contribution in [3.8, 4) is 11.5 Å². The first-order chi connectivity index (χ1) is 9.58. The summed E-state index contributed by atoms with van der Waals surface area (Å²) in [5, 5.41) is 3.84. The van der Waals surface area contributed by atoms with Crippen LogP contribution < -0.4 is 14.8 Å². The van der Waals surface area contributed by atoms with Crippen molar-refractivity contribution in [3.63, 3.8) is 0 Å². The number of rotatable bonds is 8. The number of ether oxygens (including phenoxy) is 4. The lowest BCUT2D eigenvalue weighted by Gasteiger charge is -2.22. The molecule has 0 radical (unpaired) electrons. The summed E-state index contributed by atoms with van der Waals surface area (Å²) in [6.45, 7) is 2.55. The highest BCUT2D eigenvalue weighted by Gasteiger charge is 2.17. The molecule has 1 unspecified atom stereocenters. The average molecular weight is 304 g/mol. The van der Waals surface area contributed by atoms with E-state index in [0.29, 0.717) is 23.1 Å². The molecule has 1 atom stereocenters. The Kier molecular flexibility index (Phi) is 7.09. The van der Waals surface area contributed by atoms with Crippen molar-refractivity contribution in [2.75, 3.05) is 28.4 Å².